The van der Waals surface area contributed by atoms with Crippen molar-refractivity contribution in [2.75, 3.05) is 0 Å². The van der Waals surface area contributed by atoms with Crippen molar-refractivity contribution < 1.29 is 0 Å². The summed E-state index contributed by atoms with van der Waals surface area (Å²) in [5, 5.41) is 0. The van der Waals surface area contributed by atoms with E-state index < -0.39 is 0 Å². The molecule has 0 aromatic heterocycles. The molecule has 0 saturated carbocycles. The van der Waals surface area contributed by atoms with Gasteiger partial charge in [-0.1, -0.05) is 30.3 Å². The molecule has 0 spiro atoms. The van der Waals surface area contributed by atoms with Crippen molar-refractivity contribution in [1.29, 1.82) is 0 Å². The van der Waals surface area contributed by atoms with E-state index in [9.17, 15) is 0 Å². The molecule has 52 valence electrons. The normalized spacial score (nSPS) is 12.5. The van der Waals surface area contributed by atoms with Crippen molar-refractivity contribution in [3.8, 4) is 0 Å². The van der Waals surface area contributed by atoms with Crippen LogP contribution in [0.1, 0.15) is 18.5 Å². The van der Waals surface area contributed by atoms with Gasteiger partial charge in [-0.3, -0.25) is 4.99 Å². The minimum Gasteiger partial charge on any atom is -0.293 e. The maximum atomic E-state index is 3.91. The molecule has 1 atom stereocenters. The molecule has 0 fully saturated rings. The minimum absolute atomic E-state index is 0.223. The molecule has 1 aromatic carbocycles. The smallest absolute Gasteiger partial charge is 0.0713 e. The fourth-order valence-electron chi connectivity index (χ4n) is 0.837. The second-order valence-electron chi connectivity index (χ2n) is 2.27. The van der Waals surface area contributed by atoms with Crippen LogP contribution in [0, 0.1) is 0 Å². The van der Waals surface area contributed by atoms with Crippen molar-refractivity contribution in [2.45, 2.75) is 13.0 Å². The van der Waals surface area contributed by atoms with E-state index >= 15 is 0 Å². The Morgan fingerprint density at radius 3 is 2.40 bits per heavy atom. The van der Waals surface area contributed by atoms with Crippen molar-refractivity contribution in [2.24, 2.45) is 4.99 Å². The van der Waals surface area contributed by atoms with Gasteiger partial charge < -0.3 is 0 Å². The van der Waals surface area contributed by atoms with Crippen molar-refractivity contribution in [3.05, 3.63) is 35.9 Å². The number of benzene rings is 1. The Bertz CT molecular complexity index is 203. The van der Waals surface area contributed by atoms with Crippen molar-refractivity contribution in [3.63, 3.8) is 0 Å². The lowest BCUT2D eigenvalue weighted by molar-refractivity contribution is 0.828. The van der Waals surface area contributed by atoms with Gasteiger partial charge >= 0.3 is 0 Å². The third-order valence-electron chi connectivity index (χ3n) is 1.56. The van der Waals surface area contributed by atoms with Gasteiger partial charge in [0.2, 0.25) is 0 Å². The van der Waals surface area contributed by atoms with Crippen molar-refractivity contribution in [1.82, 2.24) is 0 Å². The van der Waals surface area contributed by atoms with Crippen LogP contribution in [0.5, 0.6) is 0 Å². The molecule has 0 radical (unpaired) electrons. The molecule has 1 nitrogen and oxygen atoms in total. The van der Waals surface area contributed by atoms with Crippen LogP contribution in [0.2, 0.25) is 0 Å². The molecular formula is C9H11N. The highest BCUT2D eigenvalue weighted by Crippen LogP contribution is 2.13. The van der Waals surface area contributed by atoms with E-state index in [1.165, 1.54) is 5.56 Å². The Balaban J connectivity index is 2.84. The monoisotopic (exact) mass is 133 g/mol. The number of nitrogens with zero attached hydrogens (tertiary/aromatic N) is 1. The molecule has 10 heavy (non-hydrogen) atoms. The summed E-state index contributed by atoms with van der Waals surface area (Å²) in [6.07, 6.45) is 0. The number of rotatable bonds is 2. The Hall–Kier alpha value is -1.11. The predicted octanol–water partition coefficient (Wildman–Crippen LogP) is 2.45. The van der Waals surface area contributed by atoms with Gasteiger partial charge in [-0.05, 0) is 19.2 Å². The first-order valence-corrected chi connectivity index (χ1v) is 3.35. The van der Waals surface area contributed by atoms with E-state index in [0.29, 0.717) is 0 Å². The molecular weight excluding hydrogens is 122 g/mol. The fourth-order valence-corrected chi connectivity index (χ4v) is 0.837. The molecule has 0 heterocycles. The molecule has 0 aliphatic heterocycles. The summed E-state index contributed by atoms with van der Waals surface area (Å²) in [6, 6.07) is 10.4. The van der Waals surface area contributed by atoms with Crippen LogP contribution >= 0.6 is 0 Å². The highest BCUT2D eigenvalue weighted by Gasteiger charge is 1.97. The zero-order valence-corrected chi connectivity index (χ0v) is 6.12. The van der Waals surface area contributed by atoms with Crippen LogP contribution in [-0.2, 0) is 0 Å². The van der Waals surface area contributed by atoms with Crippen LogP contribution in [0.25, 0.3) is 0 Å². The molecule has 0 aliphatic carbocycles. The second kappa shape index (κ2) is 3.16. The van der Waals surface area contributed by atoms with E-state index in [1.807, 2.05) is 25.1 Å². The maximum Gasteiger partial charge on any atom is 0.0713 e. The van der Waals surface area contributed by atoms with Gasteiger partial charge in [-0.15, -0.1) is 0 Å². The van der Waals surface area contributed by atoms with Crippen LogP contribution < -0.4 is 0 Å². The molecule has 1 rings (SSSR count). The SMILES string of the molecule is C=N[C@H](C)c1ccccc1. The third-order valence-corrected chi connectivity index (χ3v) is 1.56. The summed E-state index contributed by atoms with van der Waals surface area (Å²) in [5.41, 5.74) is 1.22. The second-order valence-corrected chi connectivity index (χ2v) is 2.27. The van der Waals surface area contributed by atoms with Gasteiger partial charge in [0.05, 0.1) is 6.04 Å². The first-order chi connectivity index (χ1) is 4.84. The molecule has 0 unspecified atom stereocenters. The standard InChI is InChI=1S/C9H11N/c1-8(10-2)9-6-4-3-5-7-9/h3-8H,2H2,1H3/t8-/m1/s1. The van der Waals surface area contributed by atoms with Gasteiger partial charge in [0.15, 0.2) is 0 Å². The van der Waals surface area contributed by atoms with Crippen molar-refractivity contribution >= 4 is 6.72 Å². The third kappa shape index (κ3) is 1.44. The molecule has 0 aliphatic rings. The molecule has 0 N–H and O–H groups in total. The predicted molar refractivity (Wildman–Crippen MR) is 44.4 cm³/mol. The van der Waals surface area contributed by atoms with E-state index in [4.69, 9.17) is 0 Å². The minimum atomic E-state index is 0.223. The van der Waals surface area contributed by atoms with E-state index in [-0.39, 0.29) is 6.04 Å². The highest BCUT2D eigenvalue weighted by atomic mass is 14.7. The van der Waals surface area contributed by atoms with E-state index in [2.05, 4.69) is 23.8 Å². The fraction of sp³-hybridized carbons (Fsp3) is 0.222. The maximum absolute atomic E-state index is 3.91. The molecule has 0 bridgehead atoms. The summed E-state index contributed by atoms with van der Waals surface area (Å²) in [4.78, 5) is 3.91. The molecule has 0 saturated heterocycles. The van der Waals surface area contributed by atoms with Gasteiger partial charge in [0.1, 0.15) is 0 Å². The quantitative estimate of drug-likeness (QED) is 0.549. The lowest BCUT2D eigenvalue weighted by Crippen LogP contribution is -1.86. The average Bonchev–Trinajstić information content (AvgIpc) is 2.05. The summed E-state index contributed by atoms with van der Waals surface area (Å²) < 4.78 is 0. The Labute approximate surface area is 61.4 Å². The van der Waals surface area contributed by atoms with Gasteiger partial charge in [-0.2, -0.15) is 0 Å². The van der Waals surface area contributed by atoms with Crippen LogP contribution in [-0.4, -0.2) is 6.72 Å². The van der Waals surface area contributed by atoms with Gasteiger partial charge in [0, 0.05) is 0 Å². The van der Waals surface area contributed by atoms with Crippen LogP contribution in [0.15, 0.2) is 35.3 Å². The first-order valence-electron chi connectivity index (χ1n) is 3.35. The summed E-state index contributed by atoms with van der Waals surface area (Å²) >= 11 is 0. The van der Waals surface area contributed by atoms with Crippen LogP contribution in [0.4, 0.5) is 0 Å². The van der Waals surface area contributed by atoms with Gasteiger partial charge in [0.25, 0.3) is 0 Å². The molecule has 1 aromatic rings. The highest BCUT2D eigenvalue weighted by molar-refractivity contribution is 5.27. The van der Waals surface area contributed by atoms with Gasteiger partial charge in [-0.25, -0.2) is 0 Å². The zero-order valence-electron chi connectivity index (χ0n) is 6.12. The largest absolute Gasteiger partial charge is 0.293 e. The molecule has 1 heteroatoms. The number of hydrogen-bond acceptors (Lipinski definition) is 1. The Morgan fingerprint density at radius 1 is 1.30 bits per heavy atom. The topological polar surface area (TPSA) is 12.4 Å². The molecule has 0 amide bonds. The number of aliphatic imine (C=N–C) groups is 1. The summed E-state index contributed by atoms with van der Waals surface area (Å²) in [5.74, 6) is 0. The first kappa shape index (κ1) is 7.00. The van der Waals surface area contributed by atoms with E-state index in [0.717, 1.165) is 0 Å². The number of hydrogen-bond donors (Lipinski definition) is 0. The van der Waals surface area contributed by atoms with Crippen LogP contribution in [0.3, 0.4) is 0 Å². The zero-order chi connectivity index (χ0) is 7.40. The lowest BCUT2D eigenvalue weighted by Gasteiger charge is -2.03. The van der Waals surface area contributed by atoms with E-state index in [1.54, 1.807) is 0 Å². The summed E-state index contributed by atoms with van der Waals surface area (Å²) in [7, 11) is 0. The lowest BCUT2D eigenvalue weighted by atomic mass is 10.1. The Kier molecular flexibility index (Phi) is 2.21. The Morgan fingerprint density at radius 2 is 1.90 bits per heavy atom. The average molecular weight is 133 g/mol. The summed E-state index contributed by atoms with van der Waals surface area (Å²) in [6.45, 7) is 5.52.